The second-order valence-electron chi connectivity index (χ2n) is 23.1. The Morgan fingerprint density at radius 1 is 0.259 bits per heavy atom. The van der Waals surface area contributed by atoms with Gasteiger partial charge in [0.25, 0.3) is 0 Å². The minimum absolute atomic E-state index is 0.0839. The average molecular weight is 1130 g/mol. The fourth-order valence-electron chi connectivity index (χ4n) is 9.85. The van der Waals surface area contributed by atoms with Crippen LogP contribution in [0.3, 0.4) is 0 Å². The summed E-state index contributed by atoms with van der Waals surface area (Å²) in [6.45, 7) is 6.54. The Balaban J connectivity index is 4.41. The molecule has 81 heavy (non-hydrogen) atoms. The molecule has 0 radical (unpaired) electrons. The molecule has 0 amide bonds. The molecule has 0 aliphatic carbocycles. The molecule has 0 N–H and O–H groups in total. The topological polar surface area (TPSA) is 78.9 Å². The Morgan fingerprint density at radius 2 is 0.481 bits per heavy atom. The van der Waals surface area contributed by atoms with Gasteiger partial charge in [-0.2, -0.15) is 0 Å². The minimum atomic E-state index is -0.790. The van der Waals surface area contributed by atoms with Crippen molar-refractivity contribution in [2.75, 3.05) is 13.2 Å². The molecule has 0 aromatic rings. The van der Waals surface area contributed by atoms with E-state index in [0.717, 1.165) is 109 Å². The fourth-order valence-corrected chi connectivity index (χ4v) is 9.85. The number of carbonyl (C=O) groups is 3. The Morgan fingerprint density at radius 3 is 0.765 bits per heavy atom. The van der Waals surface area contributed by atoms with E-state index in [1.54, 1.807) is 0 Å². The van der Waals surface area contributed by atoms with Gasteiger partial charge in [-0.1, -0.05) is 298 Å². The quantitative estimate of drug-likeness (QED) is 0.0261. The van der Waals surface area contributed by atoms with E-state index in [9.17, 15) is 14.4 Å². The van der Waals surface area contributed by atoms with Crippen LogP contribution in [-0.2, 0) is 28.6 Å². The van der Waals surface area contributed by atoms with Gasteiger partial charge in [-0.05, 0) is 122 Å². The van der Waals surface area contributed by atoms with Gasteiger partial charge >= 0.3 is 17.9 Å². The molecular formula is C75H130O6. The van der Waals surface area contributed by atoms with E-state index >= 15 is 0 Å². The third-order valence-corrected chi connectivity index (χ3v) is 15.0. The SMILES string of the molecule is CC/C=C\C/C=C\C/C=C\C/C=C\CCCCCCCCCCCCC(=O)OCC(COC(=O)CCCCCCCCCCC/C=C\CCCCCCCC)OC(=O)CCCCCCCC/C=C\C/C=C\C/C=C\CCCCCCC. The zero-order valence-electron chi connectivity index (χ0n) is 53.5. The fraction of sp³-hybridized carbons (Fsp3) is 0.747. The minimum Gasteiger partial charge on any atom is -0.462 e. The van der Waals surface area contributed by atoms with E-state index in [4.69, 9.17) is 14.2 Å². The summed E-state index contributed by atoms with van der Waals surface area (Å²) < 4.78 is 17.0. The molecule has 466 valence electrons. The smallest absolute Gasteiger partial charge is 0.306 e. The lowest BCUT2D eigenvalue weighted by Crippen LogP contribution is -2.30. The van der Waals surface area contributed by atoms with E-state index < -0.39 is 6.10 Å². The van der Waals surface area contributed by atoms with Gasteiger partial charge in [-0.25, -0.2) is 0 Å². The number of allylic oxidation sites excluding steroid dienone is 16. The largest absolute Gasteiger partial charge is 0.462 e. The summed E-state index contributed by atoms with van der Waals surface area (Å²) in [7, 11) is 0. The molecule has 0 spiro atoms. The van der Waals surface area contributed by atoms with E-state index in [1.807, 2.05) is 0 Å². The number of hydrogen-bond donors (Lipinski definition) is 0. The number of unbranched alkanes of at least 4 members (excludes halogenated alkanes) is 36. The van der Waals surface area contributed by atoms with Gasteiger partial charge in [0.15, 0.2) is 6.10 Å². The molecule has 1 atom stereocenters. The van der Waals surface area contributed by atoms with Gasteiger partial charge in [-0.3, -0.25) is 14.4 Å². The Labute approximate surface area is 502 Å². The van der Waals surface area contributed by atoms with Gasteiger partial charge in [-0.15, -0.1) is 0 Å². The van der Waals surface area contributed by atoms with Crippen molar-refractivity contribution in [3.05, 3.63) is 97.2 Å². The highest BCUT2D eigenvalue weighted by atomic mass is 16.6. The van der Waals surface area contributed by atoms with Crippen LogP contribution in [0.4, 0.5) is 0 Å². The molecule has 0 heterocycles. The maximum Gasteiger partial charge on any atom is 0.306 e. The van der Waals surface area contributed by atoms with Crippen molar-refractivity contribution in [2.24, 2.45) is 0 Å². The molecule has 0 aliphatic rings. The van der Waals surface area contributed by atoms with Gasteiger partial charge in [0, 0.05) is 19.3 Å². The summed E-state index contributed by atoms with van der Waals surface area (Å²) in [4.78, 5) is 38.5. The van der Waals surface area contributed by atoms with Crippen molar-refractivity contribution < 1.29 is 28.6 Å². The predicted octanol–water partition coefficient (Wildman–Crippen LogP) is 24.0. The molecule has 0 aliphatic heterocycles. The van der Waals surface area contributed by atoms with Crippen LogP contribution in [0.2, 0.25) is 0 Å². The van der Waals surface area contributed by atoms with Crippen LogP contribution < -0.4 is 0 Å². The lowest BCUT2D eigenvalue weighted by molar-refractivity contribution is -0.167. The molecule has 0 saturated carbocycles. The molecule has 0 bridgehead atoms. The van der Waals surface area contributed by atoms with Crippen LogP contribution >= 0.6 is 0 Å². The molecule has 0 fully saturated rings. The number of esters is 3. The summed E-state index contributed by atoms with van der Waals surface area (Å²) in [5, 5.41) is 0. The van der Waals surface area contributed by atoms with Crippen molar-refractivity contribution in [1.82, 2.24) is 0 Å². The third kappa shape index (κ3) is 67.0. The van der Waals surface area contributed by atoms with Crippen molar-refractivity contribution >= 4 is 17.9 Å². The number of ether oxygens (including phenoxy) is 3. The van der Waals surface area contributed by atoms with Gasteiger partial charge in [0.2, 0.25) is 0 Å². The second kappa shape index (κ2) is 68.8. The molecule has 6 nitrogen and oxygen atoms in total. The average Bonchev–Trinajstić information content (AvgIpc) is 3.47. The summed E-state index contributed by atoms with van der Waals surface area (Å²) >= 11 is 0. The van der Waals surface area contributed by atoms with Gasteiger partial charge in [0.05, 0.1) is 0 Å². The molecule has 0 rings (SSSR count). The monoisotopic (exact) mass is 1130 g/mol. The van der Waals surface area contributed by atoms with Crippen molar-refractivity contribution in [3.63, 3.8) is 0 Å². The Hall–Kier alpha value is -3.67. The van der Waals surface area contributed by atoms with Gasteiger partial charge in [0.1, 0.15) is 13.2 Å². The van der Waals surface area contributed by atoms with E-state index in [-0.39, 0.29) is 31.1 Å². The molecule has 0 aromatic heterocycles. The van der Waals surface area contributed by atoms with Crippen LogP contribution in [0.15, 0.2) is 97.2 Å². The third-order valence-electron chi connectivity index (χ3n) is 15.0. The molecule has 0 saturated heterocycles. The highest BCUT2D eigenvalue weighted by Crippen LogP contribution is 2.17. The van der Waals surface area contributed by atoms with Crippen LogP contribution in [0.25, 0.3) is 0 Å². The van der Waals surface area contributed by atoms with Crippen LogP contribution in [0, 0.1) is 0 Å². The lowest BCUT2D eigenvalue weighted by Gasteiger charge is -2.18. The number of rotatable bonds is 63. The highest BCUT2D eigenvalue weighted by molar-refractivity contribution is 5.71. The van der Waals surface area contributed by atoms with Crippen LogP contribution in [0.5, 0.6) is 0 Å². The second-order valence-corrected chi connectivity index (χ2v) is 23.1. The zero-order chi connectivity index (χ0) is 58.5. The normalized spacial score (nSPS) is 12.7. The van der Waals surface area contributed by atoms with E-state index in [0.29, 0.717) is 19.3 Å². The van der Waals surface area contributed by atoms with Crippen LogP contribution in [-0.4, -0.2) is 37.2 Å². The zero-order valence-corrected chi connectivity index (χ0v) is 53.5. The first-order chi connectivity index (χ1) is 40.0. The van der Waals surface area contributed by atoms with Crippen molar-refractivity contribution in [2.45, 2.75) is 348 Å². The maximum absolute atomic E-state index is 13.0. The number of carbonyl (C=O) groups excluding carboxylic acids is 3. The van der Waals surface area contributed by atoms with Crippen molar-refractivity contribution in [1.29, 1.82) is 0 Å². The first kappa shape index (κ1) is 77.3. The van der Waals surface area contributed by atoms with Gasteiger partial charge < -0.3 is 14.2 Å². The van der Waals surface area contributed by atoms with Crippen LogP contribution in [0.1, 0.15) is 342 Å². The molecule has 1 unspecified atom stereocenters. The summed E-state index contributed by atoms with van der Waals surface area (Å²) in [6, 6.07) is 0. The highest BCUT2D eigenvalue weighted by Gasteiger charge is 2.19. The summed E-state index contributed by atoms with van der Waals surface area (Å²) in [5.74, 6) is -0.888. The predicted molar refractivity (Wildman–Crippen MR) is 353 cm³/mol. The Bertz CT molecular complexity index is 1580. The van der Waals surface area contributed by atoms with E-state index in [1.165, 1.54) is 193 Å². The molecule has 6 heteroatoms. The first-order valence-electron chi connectivity index (χ1n) is 34.7. The maximum atomic E-state index is 13.0. The standard InChI is InChI=1S/C75H130O6/c1-4-7-10-13-16-19-22-25-28-31-34-36-37-39-41-44-47-50-53-56-59-62-65-68-74(77)80-71-72(70-79-73(76)67-64-61-58-55-52-49-46-43-40-33-30-27-24-21-18-15-12-9-6-3)81-75(78)69-66-63-60-57-54-51-48-45-42-38-35-32-29-26-23-20-17-14-11-8-5-2/h7,10,16,19,23,25-28,30,32,34-36,42,45,72H,4-6,8-9,11-15,17-18,20-22,24,29,31,33,37-41,43-44,46-71H2,1-3H3/b10-7-,19-16-,26-23-,28-25-,30-27-,35-32-,36-34-,45-42-. The molecule has 0 aromatic carbocycles. The summed E-state index contributed by atoms with van der Waals surface area (Å²) in [6.07, 6.45) is 92.7. The van der Waals surface area contributed by atoms with E-state index in [2.05, 4.69) is 118 Å². The molecular weight excluding hydrogens is 997 g/mol. The van der Waals surface area contributed by atoms with Crippen molar-refractivity contribution in [3.8, 4) is 0 Å². The lowest BCUT2D eigenvalue weighted by atomic mass is 10.1. The number of hydrogen-bond acceptors (Lipinski definition) is 6. The summed E-state index contributed by atoms with van der Waals surface area (Å²) in [5.41, 5.74) is 0. The first-order valence-corrected chi connectivity index (χ1v) is 34.7. The Kier molecular flexibility index (Phi) is 65.7.